The van der Waals surface area contributed by atoms with Crippen molar-refractivity contribution < 1.29 is 22.7 Å². The first-order chi connectivity index (χ1) is 15.3. The Bertz CT molecular complexity index is 1190. The summed E-state index contributed by atoms with van der Waals surface area (Å²) in [5.74, 6) is 1.50. The zero-order valence-corrected chi connectivity index (χ0v) is 19.8. The van der Waals surface area contributed by atoms with E-state index in [-0.39, 0.29) is 17.2 Å². The van der Waals surface area contributed by atoms with Crippen molar-refractivity contribution >= 4 is 42.4 Å². The highest BCUT2D eigenvalue weighted by atomic mass is 32.2. The van der Waals surface area contributed by atoms with Gasteiger partial charge in [0.05, 0.1) is 25.5 Å². The standard InChI is InChI=1S/C22H25N3O5S2/c1-29-17-8-9-18(30-2)21-20(17)23-22(31-21)25-12-10-24(11-13-25)19(26)14-15-4-6-16(7-5-15)32(3,27)28/h4-9H,10-14H2,1-3H3. The van der Waals surface area contributed by atoms with Crippen LogP contribution >= 0.6 is 11.3 Å². The van der Waals surface area contributed by atoms with Crippen LogP contribution in [0.15, 0.2) is 41.3 Å². The van der Waals surface area contributed by atoms with Crippen LogP contribution in [0, 0.1) is 0 Å². The summed E-state index contributed by atoms with van der Waals surface area (Å²) in [4.78, 5) is 21.8. The van der Waals surface area contributed by atoms with Crippen molar-refractivity contribution in [3.63, 3.8) is 0 Å². The van der Waals surface area contributed by atoms with E-state index in [0.29, 0.717) is 31.9 Å². The Hall–Kier alpha value is -2.85. The van der Waals surface area contributed by atoms with Crippen LogP contribution in [0.3, 0.4) is 0 Å². The number of nitrogens with zero attached hydrogens (tertiary/aromatic N) is 3. The predicted octanol–water partition coefficient (Wildman–Crippen LogP) is 2.61. The number of hydrogen-bond donors (Lipinski definition) is 0. The third kappa shape index (κ3) is 4.51. The molecule has 1 saturated heterocycles. The van der Waals surface area contributed by atoms with E-state index in [1.807, 2.05) is 17.0 Å². The van der Waals surface area contributed by atoms with Crippen molar-refractivity contribution in [2.45, 2.75) is 11.3 Å². The molecule has 3 aromatic rings. The summed E-state index contributed by atoms with van der Waals surface area (Å²) >= 11 is 1.56. The van der Waals surface area contributed by atoms with Crippen molar-refractivity contribution in [3.8, 4) is 11.5 Å². The SMILES string of the molecule is COc1ccc(OC)c2sc(N3CCN(C(=O)Cc4ccc(S(C)(=O)=O)cc4)CC3)nc12. The van der Waals surface area contributed by atoms with Crippen molar-refractivity contribution in [1.29, 1.82) is 0 Å². The first-order valence-electron chi connectivity index (χ1n) is 10.1. The van der Waals surface area contributed by atoms with Gasteiger partial charge in [0.2, 0.25) is 5.91 Å². The summed E-state index contributed by atoms with van der Waals surface area (Å²) in [5.41, 5.74) is 1.58. The summed E-state index contributed by atoms with van der Waals surface area (Å²) in [6.07, 6.45) is 1.42. The molecular weight excluding hydrogens is 450 g/mol. The summed E-state index contributed by atoms with van der Waals surface area (Å²) < 4.78 is 35.0. The number of hydrogen-bond acceptors (Lipinski definition) is 8. The number of fused-ring (bicyclic) bond motifs is 1. The number of benzene rings is 2. The minimum absolute atomic E-state index is 0.0318. The molecule has 0 N–H and O–H groups in total. The van der Waals surface area contributed by atoms with Crippen molar-refractivity contribution in [2.24, 2.45) is 0 Å². The lowest BCUT2D eigenvalue weighted by molar-refractivity contribution is -0.130. The minimum atomic E-state index is -3.24. The zero-order chi connectivity index (χ0) is 22.9. The second-order valence-electron chi connectivity index (χ2n) is 7.60. The molecule has 0 radical (unpaired) electrons. The molecule has 1 aromatic heterocycles. The summed E-state index contributed by atoms with van der Waals surface area (Å²) in [7, 11) is 0.0216. The molecule has 2 aromatic carbocycles. The normalized spacial score (nSPS) is 14.6. The lowest BCUT2D eigenvalue weighted by atomic mass is 10.1. The van der Waals surface area contributed by atoms with Gasteiger partial charge in [-0.15, -0.1) is 0 Å². The van der Waals surface area contributed by atoms with Gasteiger partial charge < -0.3 is 19.3 Å². The predicted molar refractivity (Wildman–Crippen MR) is 125 cm³/mol. The van der Waals surface area contributed by atoms with Gasteiger partial charge in [0, 0.05) is 32.4 Å². The number of piperazine rings is 1. The van der Waals surface area contributed by atoms with Gasteiger partial charge in [0.15, 0.2) is 15.0 Å². The van der Waals surface area contributed by atoms with Gasteiger partial charge in [-0.3, -0.25) is 4.79 Å². The second kappa shape index (κ2) is 8.95. The molecule has 1 aliphatic rings. The Morgan fingerprint density at radius 1 is 1.00 bits per heavy atom. The van der Waals surface area contributed by atoms with Crippen LogP contribution in [-0.4, -0.2) is 70.9 Å². The molecular formula is C22H25N3O5S2. The average Bonchev–Trinajstić information content (AvgIpc) is 3.24. The van der Waals surface area contributed by atoms with Crippen LogP contribution in [-0.2, 0) is 21.1 Å². The lowest BCUT2D eigenvalue weighted by Crippen LogP contribution is -2.49. The van der Waals surface area contributed by atoms with E-state index < -0.39 is 9.84 Å². The third-order valence-corrected chi connectivity index (χ3v) is 7.77. The topological polar surface area (TPSA) is 89.0 Å². The van der Waals surface area contributed by atoms with E-state index in [9.17, 15) is 13.2 Å². The highest BCUT2D eigenvalue weighted by molar-refractivity contribution is 7.90. The first-order valence-corrected chi connectivity index (χ1v) is 12.8. The van der Waals surface area contributed by atoms with Crippen LogP contribution in [0.2, 0.25) is 0 Å². The first kappa shape index (κ1) is 22.3. The van der Waals surface area contributed by atoms with Gasteiger partial charge in [0.25, 0.3) is 0 Å². The van der Waals surface area contributed by atoms with Gasteiger partial charge in [-0.05, 0) is 29.8 Å². The zero-order valence-electron chi connectivity index (χ0n) is 18.2. The molecule has 10 heteroatoms. The van der Waals surface area contributed by atoms with Gasteiger partial charge in [-0.25, -0.2) is 13.4 Å². The van der Waals surface area contributed by atoms with Crippen molar-refractivity contribution in [2.75, 3.05) is 51.6 Å². The minimum Gasteiger partial charge on any atom is -0.495 e. The van der Waals surface area contributed by atoms with Crippen LogP contribution in [0.1, 0.15) is 5.56 Å². The Morgan fingerprint density at radius 3 is 2.22 bits per heavy atom. The van der Waals surface area contributed by atoms with Crippen LogP contribution in [0.25, 0.3) is 10.2 Å². The fourth-order valence-corrected chi connectivity index (χ4v) is 5.45. The van der Waals surface area contributed by atoms with Crippen molar-refractivity contribution in [3.05, 3.63) is 42.0 Å². The van der Waals surface area contributed by atoms with E-state index in [2.05, 4.69) is 4.90 Å². The Morgan fingerprint density at radius 2 is 1.62 bits per heavy atom. The molecule has 0 atom stereocenters. The van der Waals surface area contributed by atoms with Crippen molar-refractivity contribution in [1.82, 2.24) is 9.88 Å². The fraction of sp³-hybridized carbons (Fsp3) is 0.364. The van der Waals surface area contributed by atoms with Crippen LogP contribution in [0.4, 0.5) is 5.13 Å². The number of ether oxygens (including phenoxy) is 2. The lowest BCUT2D eigenvalue weighted by Gasteiger charge is -2.34. The number of thiazole rings is 1. The van der Waals surface area contributed by atoms with E-state index in [1.165, 1.54) is 6.26 Å². The number of aromatic nitrogens is 1. The molecule has 0 spiro atoms. The summed E-state index contributed by atoms with van der Waals surface area (Å²) in [6, 6.07) is 10.2. The smallest absolute Gasteiger partial charge is 0.227 e. The number of rotatable bonds is 6. The van der Waals surface area contributed by atoms with Gasteiger partial charge in [-0.1, -0.05) is 23.5 Å². The molecule has 1 aliphatic heterocycles. The Balaban J connectivity index is 1.41. The molecule has 0 aliphatic carbocycles. The molecule has 4 rings (SSSR count). The molecule has 1 fully saturated rings. The number of anilines is 1. The molecule has 0 unspecified atom stereocenters. The van der Waals surface area contributed by atoms with Gasteiger partial charge >= 0.3 is 0 Å². The second-order valence-corrected chi connectivity index (χ2v) is 10.6. The third-order valence-electron chi connectivity index (χ3n) is 5.51. The molecule has 8 nitrogen and oxygen atoms in total. The Kier molecular flexibility index (Phi) is 6.25. The monoisotopic (exact) mass is 475 g/mol. The molecule has 170 valence electrons. The number of sulfone groups is 1. The number of carbonyl (C=O) groups is 1. The van der Waals surface area contributed by atoms with E-state index in [4.69, 9.17) is 14.5 Å². The molecule has 0 bridgehead atoms. The van der Waals surface area contributed by atoms with E-state index in [0.717, 1.165) is 26.7 Å². The number of carbonyl (C=O) groups excluding carboxylic acids is 1. The molecule has 1 amide bonds. The quantitative estimate of drug-likeness (QED) is 0.541. The van der Waals surface area contributed by atoms with Gasteiger partial charge in [0.1, 0.15) is 21.7 Å². The maximum Gasteiger partial charge on any atom is 0.227 e. The molecule has 0 saturated carbocycles. The highest BCUT2D eigenvalue weighted by Gasteiger charge is 2.24. The maximum absolute atomic E-state index is 12.7. The number of methoxy groups -OCH3 is 2. The number of amides is 1. The van der Waals surface area contributed by atoms with E-state index in [1.54, 1.807) is 49.8 Å². The Labute approximate surface area is 191 Å². The molecule has 2 heterocycles. The highest BCUT2D eigenvalue weighted by Crippen LogP contribution is 2.40. The average molecular weight is 476 g/mol. The van der Waals surface area contributed by atoms with E-state index >= 15 is 0 Å². The van der Waals surface area contributed by atoms with Crippen LogP contribution in [0.5, 0.6) is 11.5 Å². The maximum atomic E-state index is 12.7. The largest absolute Gasteiger partial charge is 0.495 e. The van der Waals surface area contributed by atoms with Gasteiger partial charge in [-0.2, -0.15) is 0 Å². The fourth-order valence-electron chi connectivity index (χ4n) is 3.70. The summed E-state index contributed by atoms with van der Waals surface area (Å²) in [6.45, 7) is 2.57. The molecule has 32 heavy (non-hydrogen) atoms. The summed E-state index contributed by atoms with van der Waals surface area (Å²) in [5, 5.41) is 0.881. The van der Waals surface area contributed by atoms with Crippen LogP contribution < -0.4 is 14.4 Å².